The number of thioether (sulfide) groups is 1. The molecule has 34 heavy (non-hydrogen) atoms. The molecule has 3 heterocycles. The summed E-state index contributed by atoms with van der Waals surface area (Å²) in [4.78, 5) is 33.3. The van der Waals surface area contributed by atoms with Gasteiger partial charge < -0.3 is 10.1 Å². The number of hydrogen-bond acceptors (Lipinski definition) is 7. The predicted octanol–water partition coefficient (Wildman–Crippen LogP) is 4.16. The van der Waals surface area contributed by atoms with Gasteiger partial charge in [0.1, 0.15) is 15.8 Å². The average molecular weight is 495 g/mol. The van der Waals surface area contributed by atoms with Gasteiger partial charge in [-0.1, -0.05) is 59.9 Å². The minimum absolute atomic E-state index is 0.213. The van der Waals surface area contributed by atoms with Gasteiger partial charge in [0.2, 0.25) is 0 Å². The number of hydrogen-bond donors (Lipinski definition) is 1. The van der Waals surface area contributed by atoms with Crippen LogP contribution < -0.4 is 10.9 Å². The number of aryl methyl sites for hydroxylation is 2. The Morgan fingerprint density at radius 1 is 1.12 bits per heavy atom. The fourth-order valence-corrected chi connectivity index (χ4v) is 4.83. The minimum Gasteiger partial charge on any atom is -0.385 e. The van der Waals surface area contributed by atoms with Crippen LogP contribution in [-0.2, 0) is 16.1 Å². The fraction of sp³-hybridized carbons (Fsp3) is 0.280. The molecule has 1 fully saturated rings. The topological polar surface area (TPSA) is 75.9 Å². The van der Waals surface area contributed by atoms with Crippen molar-refractivity contribution in [3.8, 4) is 0 Å². The van der Waals surface area contributed by atoms with Crippen molar-refractivity contribution in [1.29, 1.82) is 0 Å². The maximum absolute atomic E-state index is 13.4. The number of nitrogens with one attached hydrogen (secondary N) is 1. The van der Waals surface area contributed by atoms with Crippen molar-refractivity contribution in [2.24, 2.45) is 0 Å². The Bertz CT molecular complexity index is 1330. The van der Waals surface area contributed by atoms with E-state index in [1.807, 2.05) is 50.2 Å². The molecule has 176 valence electrons. The van der Waals surface area contributed by atoms with Gasteiger partial charge in [-0.2, -0.15) is 0 Å². The molecule has 4 rings (SSSR count). The number of thiocarbonyl (C=S) groups is 1. The van der Waals surface area contributed by atoms with Gasteiger partial charge in [-0.15, -0.1) is 0 Å². The van der Waals surface area contributed by atoms with Crippen LogP contribution in [0.2, 0.25) is 0 Å². The molecule has 9 heteroatoms. The maximum Gasteiger partial charge on any atom is 0.267 e. The van der Waals surface area contributed by atoms with Crippen molar-refractivity contribution in [3.63, 3.8) is 0 Å². The van der Waals surface area contributed by atoms with E-state index in [1.165, 1.54) is 16.2 Å². The first kappa shape index (κ1) is 24.1. The molecule has 0 atom stereocenters. The summed E-state index contributed by atoms with van der Waals surface area (Å²) in [5.41, 5.74) is 3.70. The number of carbonyl (C=O) groups is 1. The second-order valence-corrected chi connectivity index (χ2v) is 9.82. The van der Waals surface area contributed by atoms with Crippen LogP contribution in [0.5, 0.6) is 0 Å². The van der Waals surface area contributed by atoms with E-state index in [-0.39, 0.29) is 11.5 Å². The second-order valence-electron chi connectivity index (χ2n) is 8.14. The first-order valence-electron chi connectivity index (χ1n) is 10.9. The molecule has 1 aliphatic rings. The summed E-state index contributed by atoms with van der Waals surface area (Å²) >= 11 is 6.70. The number of amides is 1. The third kappa shape index (κ3) is 5.22. The van der Waals surface area contributed by atoms with E-state index >= 15 is 0 Å². The van der Waals surface area contributed by atoms with Gasteiger partial charge in [-0.25, -0.2) is 4.98 Å². The number of nitrogens with zero attached hydrogens (tertiary/aromatic N) is 3. The molecule has 0 spiro atoms. The van der Waals surface area contributed by atoms with E-state index in [0.717, 1.165) is 23.1 Å². The zero-order valence-corrected chi connectivity index (χ0v) is 21.0. The summed E-state index contributed by atoms with van der Waals surface area (Å²) in [6.07, 6.45) is 4.11. The van der Waals surface area contributed by atoms with E-state index in [4.69, 9.17) is 17.0 Å². The molecule has 3 aromatic rings. The van der Waals surface area contributed by atoms with Crippen LogP contribution in [0, 0.1) is 13.8 Å². The SMILES string of the molecule is COCCCNc1nc2ccc(C)cn2c(=O)c1/C=C1\SC(=S)N(Cc2ccc(C)cc2)C1=O. The summed E-state index contributed by atoms with van der Waals surface area (Å²) in [6.45, 7) is 5.49. The molecule has 2 aromatic heterocycles. The highest BCUT2D eigenvalue weighted by Gasteiger charge is 2.32. The molecule has 1 aromatic carbocycles. The zero-order chi connectivity index (χ0) is 24.2. The summed E-state index contributed by atoms with van der Waals surface area (Å²) < 4.78 is 7.09. The Balaban J connectivity index is 1.69. The third-order valence-corrected chi connectivity index (χ3v) is 6.81. The molecule has 1 aliphatic heterocycles. The van der Waals surface area contributed by atoms with E-state index in [1.54, 1.807) is 24.3 Å². The van der Waals surface area contributed by atoms with Crippen LogP contribution in [0.15, 0.2) is 52.3 Å². The first-order valence-corrected chi connectivity index (χ1v) is 12.2. The number of anilines is 1. The number of pyridine rings is 1. The van der Waals surface area contributed by atoms with Crippen molar-refractivity contribution < 1.29 is 9.53 Å². The van der Waals surface area contributed by atoms with Crippen LogP contribution in [0.1, 0.15) is 28.7 Å². The molecule has 0 bridgehead atoms. The molecule has 0 unspecified atom stereocenters. The molecule has 1 N–H and O–H groups in total. The normalized spacial score (nSPS) is 15.0. The second kappa shape index (κ2) is 10.5. The predicted molar refractivity (Wildman–Crippen MR) is 141 cm³/mol. The lowest BCUT2D eigenvalue weighted by Gasteiger charge is -2.14. The van der Waals surface area contributed by atoms with Crippen molar-refractivity contribution in [2.75, 3.05) is 25.6 Å². The van der Waals surface area contributed by atoms with Crippen molar-refractivity contribution in [2.45, 2.75) is 26.8 Å². The lowest BCUT2D eigenvalue weighted by atomic mass is 10.1. The van der Waals surface area contributed by atoms with Gasteiger partial charge in [0, 0.05) is 26.5 Å². The van der Waals surface area contributed by atoms with E-state index in [0.29, 0.717) is 46.0 Å². The lowest BCUT2D eigenvalue weighted by molar-refractivity contribution is -0.122. The molecule has 0 radical (unpaired) electrons. The van der Waals surface area contributed by atoms with E-state index < -0.39 is 0 Å². The molecule has 1 amide bonds. The highest BCUT2D eigenvalue weighted by Crippen LogP contribution is 2.34. The van der Waals surface area contributed by atoms with Crippen LogP contribution in [-0.4, -0.2) is 44.8 Å². The number of ether oxygens (including phenoxy) is 1. The molecular formula is C25H26N4O3S2. The summed E-state index contributed by atoms with van der Waals surface area (Å²) in [6, 6.07) is 11.7. The van der Waals surface area contributed by atoms with E-state index in [2.05, 4.69) is 10.3 Å². The van der Waals surface area contributed by atoms with Gasteiger partial charge in [0.15, 0.2) is 0 Å². The minimum atomic E-state index is -0.244. The van der Waals surface area contributed by atoms with Crippen LogP contribution in [0.25, 0.3) is 11.7 Å². The fourth-order valence-electron chi connectivity index (χ4n) is 3.59. The molecule has 7 nitrogen and oxygen atoms in total. The summed E-state index contributed by atoms with van der Waals surface area (Å²) in [7, 11) is 1.65. The molecule has 0 saturated carbocycles. The maximum atomic E-state index is 13.4. The lowest BCUT2D eigenvalue weighted by Crippen LogP contribution is -2.27. The van der Waals surface area contributed by atoms with Crippen molar-refractivity contribution in [3.05, 3.63) is 80.1 Å². The Morgan fingerprint density at radius 3 is 2.59 bits per heavy atom. The highest BCUT2D eigenvalue weighted by molar-refractivity contribution is 8.26. The molecule has 1 saturated heterocycles. The van der Waals surface area contributed by atoms with Gasteiger partial charge in [-0.3, -0.25) is 18.9 Å². The van der Waals surface area contributed by atoms with Gasteiger partial charge >= 0.3 is 0 Å². The van der Waals surface area contributed by atoms with Crippen LogP contribution in [0.4, 0.5) is 5.82 Å². The number of carbonyl (C=O) groups excluding carboxylic acids is 1. The monoisotopic (exact) mass is 494 g/mol. The zero-order valence-electron chi connectivity index (χ0n) is 19.3. The van der Waals surface area contributed by atoms with Crippen molar-refractivity contribution in [1.82, 2.24) is 14.3 Å². The number of fused-ring (bicyclic) bond motifs is 1. The van der Waals surface area contributed by atoms with Gasteiger partial charge in [-0.05, 0) is 43.5 Å². The van der Waals surface area contributed by atoms with E-state index in [9.17, 15) is 9.59 Å². The third-order valence-electron chi connectivity index (χ3n) is 5.43. The Labute approximate surface area is 207 Å². The number of methoxy groups -OCH3 is 1. The molecular weight excluding hydrogens is 468 g/mol. The Morgan fingerprint density at radius 2 is 1.85 bits per heavy atom. The van der Waals surface area contributed by atoms with Crippen LogP contribution >= 0.6 is 24.0 Å². The summed E-state index contributed by atoms with van der Waals surface area (Å²) in [5.74, 6) is 0.225. The smallest absolute Gasteiger partial charge is 0.267 e. The van der Waals surface area contributed by atoms with Crippen LogP contribution in [0.3, 0.4) is 0 Å². The number of rotatable bonds is 8. The standard InChI is InChI=1S/C25H26N4O3S2/c1-16-5-8-18(9-6-16)15-29-24(31)20(34-25(29)33)13-19-22(26-11-4-12-32-3)27-21-10-7-17(2)14-28(21)23(19)30/h5-10,13-14,26H,4,11-12,15H2,1-3H3/b20-13-. The Hall–Kier alpha value is -3.01. The Kier molecular flexibility index (Phi) is 7.45. The number of aromatic nitrogens is 2. The first-order chi connectivity index (χ1) is 16.4. The largest absolute Gasteiger partial charge is 0.385 e. The molecule has 0 aliphatic carbocycles. The highest BCUT2D eigenvalue weighted by atomic mass is 32.2. The quantitative estimate of drug-likeness (QED) is 0.286. The number of benzene rings is 1. The average Bonchev–Trinajstić information content (AvgIpc) is 3.08. The van der Waals surface area contributed by atoms with Gasteiger partial charge in [0.05, 0.1) is 17.0 Å². The van der Waals surface area contributed by atoms with Crippen molar-refractivity contribution >= 4 is 51.7 Å². The summed E-state index contributed by atoms with van der Waals surface area (Å²) in [5, 5.41) is 3.24. The van der Waals surface area contributed by atoms with Gasteiger partial charge in [0.25, 0.3) is 11.5 Å².